The van der Waals surface area contributed by atoms with Crippen molar-refractivity contribution in [1.82, 2.24) is 15.4 Å². The maximum atomic E-state index is 10.5. The lowest BCUT2D eigenvalue weighted by Crippen LogP contribution is -2.14. The molecule has 0 aliphatic heterocycles. The molecule has 1 aromatic rings. The summed E-state index contributed by atoms with van der Waals surface area (Å²) in [5.41, 5.74) is 0. The minimum atomic E-state index is -3.72. The summed E-state index contributed by atoms with van der Waals surface area (Å²) in [5, 5.41) is 14.0. The molecule has 1 aromatic heterocycles. The maximum absolute atomic E-state index is 10.5. The zero-order chi connectivity index (χ0) is 7.61. The van der Waals surface area contributed by atoms with E-state index in [0.29, 0.717) is 0 Å². The molecule has 0 atom stereocenters. The predicted octanol–water partition coefficient (Wildman–Crippen LogP) is -1.48. The molecule has 7 heteroatoms. The summed E-state index contributed by atoms with van der Waals surface area (Å²) in [7, 11) is -3.72. The standard InChI is InChI=1S/C3H4N4O2S/c4-10(8,9)3-1-2-5-7-6-3/h1-2H,(H2,4,8,9). The van der Waals surface area contributed by atoms with Gasteiger partial charge in [-0.3, -0.25) is 0 Å². The highest BCUT2D eigenvalue weighted by Crippen LogP contribution is 1.94. The Morgan fingerprint density at radius 3 is 2.50 bits per heavy atom. The highest BCUT2D eigenvalue weighted by molar-refractivity contribution is 7.89. The van der Waals surface area contributed by atoms with E-state index in [9.17, 15) is 8.42 Å². The molecule has 0 bridgehead atoms. The van der Waals surface area contributed by atoms with Crippen LogP contribution in [0.2, 0.25) is 0 Å². The van der Waals surface area contributed by atoms with Crippen LogP contribution in [0.1, 0.15) is 0 Å². The molecular weight excluding hydrogens is 156 g/mol. The molecule has 0 aliphatic carbocycles. The van der Waals surface area contributed by atoms with Gasteiger partial charge in [0.15, 0.2) is 5.03 Å². The first-order valence-corrected chi connectivity index (χ1v) is 3.82. The van der Waals surface area contributed by atoms with Gasteiger partial charge in [-0.15, -0.1) is 10.2 Å². The lowest BCUT2D eigenvalue weighted by molar-refractivity contribution is 0.589. The molecule has 54 valence electrons. The molecule has 0 saturated heterocycles. The number of primary sulfonamides is 1. The summed E-state index contributed by atoms with van der Waals surface area (Å²) in [6.45, 7) is 0. The monoisotopic (exact) mass is 160 g/mol. The van der Waals surface area contributed by atoms with Crippen LogP contribution in [0.3, 0.4) is 0 Å². The van der Waals surface area contributed by atoms with Crippen molar-refractivity contribution in [2.45, 2.75) is 5.03 Å². The SMILES string of the molecule is NS(=O)(=O)c1ccnnn1. The largest absolute Gasteiger partial charge is 0.257 e. The van der Waals surface area contributed by atoms with Gasteiger partial charge in [-0.2, -0.15) is 0 Å². The normalized spacial score (nSPS) is 11.3. The van der Waals surface area contributed by atoms with Crippen LogP contribution in [-0.2, 0) is 10.0 Å². The first-order valence-electron chi connectivity index (χ1n) is 2.28. The van der Waals surface area contributed by atoms with Crippen LogP contribution in [0.4, 0.5) is 0 Å². The summed E-state index contributed by atoms with van der Waals surface area (Å²) in [6, 6.07) is 1.17. The van der Waals surface area contributed by atoms with E-state index < -0.39 is 10.0 Å². The summed E-state index contributed by atoms with van der Waals surface area (Å²) in [5.74, 6) is 0. The molecule has 0 saturated carbocycles. The summed E-state index contributed by atoms with van der Waals surface area (Å²) >= 11 is 0. The topological polar surface area (TPSA) is 98.8 Å². The van der Waals surface area contributed by atoms with Crippen molar-refractivity contribution in [3.05, 3.63) is 12.3 Å². The molecule has 0 aromatic carbocycles. The van der Waals surface area contributed by atoms with Crippen LogP contribution in [0.25, 0.3) is 0 Å². The number of nitrogens with two attached hydrogens (primary N) is 1. The molecule has 0 aliphatic rings. The lowest BCUT2D eigenvalue weighted by Gasteiger charge is -1.90. The molecule has 10 heavy (non-hydrogen) atoms. The van der Waals surface area contributed by atoms with Crippen molar-refractivity contribution in [2.75, 3.05) is 0 Å². The fourth-order valence-electron chi connectivity index (χ4n) is 0.382. The van der Waals surface area contributed by atoms with Crippen LogP contribution >= 0.6 is 0 Å². The molecule has 0 spiro atoms. The van der Waals surface area contributed by atoms with E-state index in [-0.39, 0.29) is 5.03 Å². The third-order valence-electron chi connectivity index (χ3n) is 0.770. The Bertz CT molecular complexity index is 307. The van der Waals surface area contributed by atoms with Crippen molar-refractivity contribution in [1.29, 1.82) is 0 Å². The van der Waals surface area contributed by atoms with Crippen LogP contribution in [0.5, 0.6) is 0 Å². The quantitative estimate of drug-likeness (QED) is 0.540. The van der Waals surface area contributed by atoms with E-state index >= 15 is 0 Å². The van der Waals surface area contributed by atoms with Crippen molar-refractivity contribution in [3.63, 3.8) is 0 Å². The molecule has 0 radical (unpaired) electrons. The van der Waals surface area contributed by atoms with Crippen molar-refractivity contribution in [3.8, 4) is 0 Å². The first-order chi connectivity index (χ1) is 4.61. The second kappa shape index (κ2) is 2.27. The Morgan fingerprint density at radius 1 is 1.50 bits per heavy atom. The number of hydrogen-bond acceptors (Lipinski definition) is 5. The average molecular weight is 160 g/mol. The third kappa shape index (κ3) is 1.45. The number of nitrogens with zero attached hydrogens (tertiary/aromatic N) is 3. The van der Waals surface area contributed by atoms with Crippen LogP contribution in [0, 0.1) is 0 Å². The highest BCUT2D eigenvalue weighted by atomic mass is 32.2. The van der Waals surface area contributed by atoms with E-state index in [1.54, 1.807) is 0 Å². The third-order valence-corrected chi connectivity index (χ3v) is 1.57. The molecule has 6 nitrogen and oxygen atoms in total. The number of rotatable bonds is 1. The van der Waals surface area contributed by atoms with Crippen molar-refractivity contribution < 1.29 is 8.42 Å². The minimum Gasteiger partial charge on any atom is -0.223 e. The Kier molecular flexibility index (Phi) is 1.60. The predicted molar refractivity (Wildman–Crippen MR) is 31.2 cm³/mol. The zero-order valence-corrected chi connectivity index (χ0v) is 5.61. The van der Waals surface area contributed by atoms with E-state index in [1.807, 2.05) is 0 Å². The van der Waals surface area contributed by atoms with E-state index in [0.717, 1.165) is 0 Å². The molecular formula is C3H4N4O2S. The maximum Gasteiger partial charge on any atom is 0.257 e. The van der Waals surface area contributed by atoms with Gasteiger partial charge in [0.05, 0.1) is 6.20 Å². The molecule has 0 fully saturated rings. The Morgan fingerprint density at radius 2 is 2.20 bits per heavy atom. The summed E-state index contributed by atoms with van der Waals surface area (Å²) in [6.07, 6.45) is 1.20. The van der Waals surface area contributed by atoms with Crippen molar-refractivity contribution in [2.24, 2.45) is 5.14 Å². The second-order valence-corrected chi connectivity index (χ2v) is 3.01. The lowest BCUT2D eigenvalue weighted by atomic mass is 10.7. The number of hydrogen-bond donors (Lipinski definition) is 1. The first kappa shape index (κ1) is 7.03. The molecule has 1 rings (SSSR count). The van der Waals surface area contributed by atoms with Crippen molar-refractivity contribution >= 4 is 10.0 Å². The highest BCUT2D eigenvalue weighted by Gasteiger charge is 2.07. The average Bonchev–Trinajstić information content (AvgIpc) is 1.88. The molecule has 0 amide bonds. The van der Waals surface area contributed by atoms with E-state index in [1.165, 1.54) is 12.3 Å². The Labute approximate surface area is 57.1 Å². The zero-order valence-electron chi connectivity index (χ0n) is 4.80. The van der Waals surface area contributed by atoms with Crippen LogP contribution < -0.4 is 5.14 Å². The van der Waals surface area contributed by atoms with E-state index in [2.05, 4.69) is 15.4 Å². The fraction of sp³-hybridized carbons (Fsp3) is 0. The fourth-order valence-corrected chi connectivity index (χ4v) is 0.783. The summed E-state index contributed by atoms with van der Waals surface area (Å²) < 4.78 is 21.0. The van der Waals surface area contributed by atoms with E-state index in [4.69, 9.17) is 5.14 Å². The van der Waals surface area contributed by atoms with Gasteiger partial charge in [0.25, 0.3) is 10.0 Å². The van der Waals surface area contributed by atoms with Gasteiger partial charge >= 0.3 is 0 Å². The second-order valence-electron chi connectivity index (χ2n) is 1.50. The van der Waals surface area contributed by atoms with Gasteiger partial charge in [0.2, 0.25) is 0 Å². The molecule has 0 unspecified atom stereocenters. The van der Waals surface area contributed by atoms with Gasteiger partial charge in [0.1, 0.15) is 0 Å². The van der Waals surface area contributed by atoms with Crippen LogP contribution in [0.15, 0.2) is 17.3 Å². The Balaban J connectivity index is 3.22. The van der Waals surface area contributed by atoms with Crippen LogP contribution in [-0.4, -0.2) is 23.8 Å². The van der Waals surface area contributed by atoms with Gasteiger partial charge in [0, 0.05) is 0 Å². The minimum absolute atomic E-state index is 0.275. The number of aromatic nitrogens is 3. The van der Waals surface area contributed by atoms with Gasteiger partial charge in [-0.1, -0.05) is 0 Å². The molecule has 2 N–H and O–H groups in total. The van der Waals surface area contributed by atoms with Gasteiger partial charge in [-0.05, 0) is 11.3 Å². The summed E-state index contributed by atoms with van der Waals surface area (Å²) in [4.78, 5) is 0. The van der Waals surface area contributed by atoms with Gasteiger partial charge < -0.3 is 0 Å². The number of sulfonamides is 1. The smallest absolute Gasteiger partial charge is 0.223 e. The Hall–Kier alpha value is -1.08. The van der Waals surface area contributed by atoms with Gasteiger partial charge in [-0.25, -0.2) is 13.6 Å². The molecule has 1 heterocycles.